The summed E-state index contributed by atoms with van der Waals surface area (Å²) < 4.78 is 0. The van der Waals surface area contributed by atoms with Gasteiger partial charge in [-0.15, -0.1) is 0 Å². The molecule has 0 aromatic heterocycles. The molecule has 2 rings (SSSR count). The minimum absolute atomic E-state index is 0.393. The normalized spacial score (nSPS) is 15.5. The zero-order valence-corrected chi connectivity index (χ0v) is 13.8. The van der Waals surface area contributed by atoms with E-state index in [1.54, 1.807) is 9.80 Å². The van der Waals surface area contributed by atoms with Crippen LogP contribution < -0.4 is 5.73 Å². The van der Waals surface area contributed by atoms with Crippen LogP contribution in [0.4, 0.5) is 0 Å². The third-order valence-corrected chi connectivity index (χ3v) is 4.17. The predicted octanol–water partition coefficient (Wildman–Crippen LogP) is 0.138. The molecule has 2 amide bonds. The van der Waals surface area contributed by atoms with E-state index in [2.05, 4.69) is 4.90 Å². The van der Waals surface area contributed by atoms with Crippen molar-refractivity contribution in [3.05, 3.63) is 35.9 Å². The lowest BCUT2D eigenvalue weighted by molar-refractivity contribution is -0.153. The fourth-order valence-electron chi connectivity index (χ4n) is 2.76. The molecule has 0 bridgehead atoms. The van der Waals surface area contributed by atoms with Gasteiger partial charge in [0, 0.05) is 52.4 Å². The lowest BCUT2D eigenvalue weighted by atomic mass is 10.2. The van der Waals surface area contributed by atoms with Crippen molar-refractivity contribution < 1.29 is 9.59 Å². The number of carbonyl (C=O) groups excluding carboxylic acids is 2. The van der Waals surface area contributed by atoms with Gasteiger partial charge in [0.2, 0.25) is 0 Å². The van der Waals surface area contributed by atoms with Gasteiger partial charge in [-0.1, -0.05) is 30.3 Å². The van der Waals surface area contributed by atoms with E-state index < -0.39 is 11.8 Å². The number of rotatable bonds is 5. The van der Waals surface area contributed by atoms with Crippen LogP contribution in [0.2, 0.25) is 0 Å². The van der Waals surface area contributed by atoms with Crippen molar-refractivity contribution in [2.45, 2.75) is 13.5 Å². The van der Waals surface area contributed by atoms with Gasteiger partial charge < -0.3 is 15.5 Å². The minimum Gasteiger partial charge on any atom is -0.332 e. The zero-order chi connectivity index (χ0) is 16.7. The Kier molecular flexibility index (Phi) is 6.55. The summed E-state index contributed by atoms with van der Waals surface area (Å²) in [6, 6.07) is 9.74. The highest BCUT2D eigenvalue weighted by Gasteiger charge is 2.28. The Balaban J connectivity index is 1.91. The topological polar surface area (TPSA) is 69.9 Å². The summed E-state index contributed by atoms with van der Waals surface area (Å²) in [5.74, 6) is -0.807. The van der Waals surface area contributed by atoms with Crippen LogP contribution in [0.3, 0.4) is 0 Å². The maximum atomic E-state index is 12.5. The first-order chi connectivity index (χ1) is 11.2. The van der Waals surface area contributed by atoms with Crippen molar-refractivity contribution in [1.29, 1.82) is 0 Å². The summed E-state index contributed by atoms with van der Waals surface area (Å²) in [6.07, 6.45) is 0. The highest BCUT2D eigenvalue weighted by atomic mass is 16.2. The summed E-state index contributed by atoms with van der Waals surface area (Å²) in [5, 5.41) is 0. The molecule has 1 heterocycles. The van der Waals surface area contributed by atoms with Gasteiger partial charge in [0.25, 0.3) is 0 Å². The van der Waals surface area contributed by atoms with Crippen molar-refractivity contribution in [2.75, 3.05) is 45.8 Å². The molecule has 0 spiro atoms. The highest BCUT2D eigenvalue weighted by Crippen LogP contribution is 2.08. The molecular weight excluding hydrogens is 292 g/mol. The van der Waals surface area contributed by atoms with Gasteiger partial charge in [0.05, 0.1) is 0 Å². The van der Waals surface area contributed by atoms with Crippen molar-refractivity contribution in [3.63, 3.8) is 0 Å². The summed E-state index contributed by atoms with van der Waals surface area (Å²) in [4.78, 5) is 30.4. The van der Waals surface area contributed by atoms with Gasteiger partial charge in [-0.3, -0.25) is 14.5 Å². The highest BCUT2D eigenvalue weighted by molar-refractivity contribution is 6.34. The molecule has 1 aromatic rings. The average Bonchev–Trinajstić information content (AvgIpc) is 2.60. The molecule has 0 atom stereocenters. The Morgan fingerprint density at radius 1 is 1.13 bits per heavy atom. The molecule has 6 heteroatoms. The number of piperazine rings is 1. The second-order valence-corrected chi connectivity index (χ2v) is 5.73. The van der Waals surface area contributed by atoms with Crippen molar-refractivity contribution in [1.82, 2.24) is 14.7 Å². The van der Waals surface area contributed by atoms with E-state index in [9.17, 15) is 9.59 Å². The fraction of sp³-hybridized carbons (Fsp3) is 0.529. The Labute approximate surface area is 137 Å². The molecule has 1 saturated heterocycles. The Morgan fingerprint density at radius 2 is 1.78 bits per heavy atom. The number of carbonyl (C=O) groups is 2. The summed E-state index contributed by atoms with van der Waals surface area (Å²) in [6.45, 7) is 7.08. The Morgan fingerprint density at radius 3 is 2.35 bits per heavy atom. The van der Waals surface area contributed by atoms with E-state index in [4.69, 9.17) is 5.73 Å². The van der Waals surface area contributed by atoms with Crippen LogP contribution in [0.5, 0.6) is 0 Å². The van der Waals surface area contributed by atoms with Crippen molar-refractivity contribution in [2.24, 2.45) is 5.73 Å². The van der Waals surface area contributed by atoms with E-state index in [-0.39, 0.29) is 0 Å². The second-order valence-electron chi connectivity index (χ2n) is 5.73. The smallest absolute Gasteiger partial charge is 0.312 e. The monoisotopic (exact) mass is 318 g/mol. The van der Waals surface area contributed by atoms with Crippen LogP contribution in [0.15, 0.2) is 30.3 Å². The molecule has 0 unspecified atom stereocenters. The molecule has 1 aromatic carbocycles. The van der Waals surface area contributed by atoms with Gasteiger partial charge in [0.15, 0.2) is 0 Å². The van der Waals surface area contributed by atoms with Crippen molar-refractivity contribution >= 4 is 11.8 Å². The van der Waals surface area contributed by atoms with Gasteiger partial charge >= 0.3 is 11.8 Å². The molecule has 23 heavy (non-hydrogen) atoms. The van der Waals surface area contributed by atoms with Gasteiger partial charge in [0.1, 0.15) is 0 Å². The summed E-state index contributed by atoms with van der Waals surface area (Å²) in [5.41, 5.74) is 6.58. The molecule has 1 aliphatic rings. The summed E-state index contributed by atoms with van der Waals surface area (Å²) in [7, 11) is 0. The number of hydrogen-bond acceptors (Lipinski definition) is 4. The van der Waals surface area contributed by atoms with Gasteiger partial charge in [-0.05, 0) is 12.5 Å². The molecule has 0 aliphatic carbocycles. The zero-order valence-electron chi connectivity index (χ0n) is 13.8. The SMILES string of the molecule is CCN(Cc1ccccc1)C(=O)C(=O)N1CCN(CCN)CC1. The number of benzene rings is 1. The standard InChI is InChI=1S/C17H26N4O2/c1-2-20(14-15-6-4-3-5-7-15)16(22)17(23)21-12-10-19(9-8-18)11-13-21/h3-7H,2,8-14,18H2,1H3. The molecule has 6 nitrogen and oxygen atoms in total. The molecule has 126 valence electrons. The largest absolute Gasteiger partial charge is 0.332 e. The van der Waals surface area contributed by atoms with Crippen LogP contribution in [0.25, 0.3) is 0 Å². The quantitative estimate of drug-likeness (QED) is 0.784. The maximum Gasteiger partial charge on any atom is 0.312 e. The van der Waals surface area contributed by atoms with Crippen LogP contribution in [-0.4, -0.2) is 72.3 Å². The van der Waals surface area contributed by atoms with E-state index in [0.29, 0.717) is 32.7 Å². The molecule has 2 N–H and O–H groups in total. The number of likely N-dealkylation sites (N-methyl/N-ethyl adjacent to an activating group) is 1. The maximum absolute atomic E-state index is 12.5. The molecule has 1 aliphatic heterocycles. The third kappa shape index (κ3) is 4.77. The van der Waals surface area contributed by atoms with Crippen LogP contribution >= 0.6 is 0 Å². The second kappa shape index (κ2) is 8.64. The first kappa shape index (κ1) is 17.4. The van der Waals surface area contributed by atoms with Crippen LogP contribution in [0, 0.1) is 0 Å². The number of hydrogen-bond donors (Lipinski definition) is 1. The van der Waals surface area contributed by atoms with E-state index >= 15 is 0 Å². The van der Waals surface area contributed by atoms with Crippen molar-refractivity contribution in [3.8, 4) is 0 Å². The van der Waals surface area contributed by atoms with E-state index in [1.807, 2.05) is 37.3 Å². The molecule has 1 fully saturated rings. The molecular formula is C17H26N4O2. The fourth-order valence-corrected chi connectivity index (χ4v) is 2.76. The first-order valence-corrected chi connectivity index (χ1v) is 8.20. The number of nitrogens with two attached hydrogens (primary N) is 1. The molecule has 0 radical (unpaired) electrons. The lowest BCUT2D eigenvalue weighted by Gasteiger charge is -2.35. The first-order valence-electron chi connectivity index (χ1n) is 8.20. The van der Waals surface area contributed by atoms with Crippen LogP contribution in [0.1, 0.15) is 12.5 Å². The number of amides is 2. The van der Waals surface area contributed by atoms with E-state index in [0.717, 1.165) is 25.2 Å². The van der Waals surface area contributed by atoms with Gasteiger partial charge in [-0.25, -0.2) is 0 Å². The third-order valence-electron chi connectivity index (χ3n) is 4.17. The van der Waals surface area contributed by atoms with E-state index in [1.165, 1.54) is 0 Å². The summed E-state index contributed by atoms with van der Waals surface area (Å²) >= 11 is 0. The lowest BCUT2D eigenvalue weighted by Crippen LogP contribution is -2.53. The van der Waals surface area contributed by atoms with Crippen LogP contribution in [-0.2, 0) is 16.1 Å². The molecule has 0 saturated carbocycles. The number of nitrogens with zero attached hydrogens (tertiary/aromatic N) is 3. The minimum atomic E-state index is -0.413. The average molecular weight is 318 g/mol. The van der Waals surface area contributed by atoms with Gasteiger partial charge in [-0.2, -0.15) is 0 Å². The Bertz CT molecular complexity index is 513. The Hall–Kier alpha value is -1.92. The predicted molar refractivity (Wildman–Crippen MR) is 89.6 cm³/mol.